The number of hydrogen-bond acceptors (Lipinski definition) is 7. The summed E-state index contributed by atoms with van der Waals surface area (Å²) in [4.78, 5) is 40.9. The van der Waals surface area contributed by atoms with Crippen molar-refractivity contribution in [3.05, 3.63) is 28.5 Å². The predicted octanol–water partition coefficient (Wildman–Crippen LogP) is 11.3. The van der Waals surface area contributed by atoms with Crippen molar-refractivity contribution in [3.63, 3.8) is 0 Å². The van der Waals surface area contributed by atoms with Gasteiger partial charge in [0.25, 0.3) is 0 Å². The number of allylic oxidation sites excluding steroid dienone is 2. The van der Waals surface area contributed by atoms with Crippen molar-refractivity contribution in [2.24, 2.45) is 0 Å². The van der Waals surface area contributed by atoms with Crippen molar-refractivity contribution in [2.45, 2.75) is 199 Å². The van der Waals surface area contributed by atoms with Gasteiger partial charge in [0, 0.05) is 22.8 Å². The minimum Gasteiger partial charge on any atom is -0.504 e. The summed E-state index contributed by atoms with van der Waals surface area (Å²) in [5, 5.41) is 32.2. The molecule has 0 saturated heterocycles. The van der Waals surface area contributed by atoms with E-state index in [-0.39, 0.29) is 35.3 Å². The Balaban J connectivity index is 1.48. The molecule has 0 fully saturated rings. The summed E-state index contributed by atoms with van der Waals surface area (Å²) in [6.45, 7) is 4.48. The van der Waals surface area contributed by atoms with Crippen molar-refractivity contribution in [3.8, 4) is 17.2 Å². The third-order valence-electron chi connectivity index (χ3n) is 10.7. The number of ether oxygens (including phenoxy) is 1. The molecule has 2 aliphatic rings. The molecule has 1 aromatic rings. The molecule has 0 bridgehead atoms. The molecule has 1 atom stereocenters. The van der Waals surface area contributed by atoms with E-state index in [0.717, 1.165) is 44.6 Å². The highest BCUT2D eigenvalue weighted by atomic mass is 16.5. The quantitative estimate of drug-likeness (QED) is 0.0264. The zero-order valence-electron chi connectivity index (χ0n) is 30.9. The number of aliphatic hydroxyl groups excluding tert-OH is 1. The number of ketones is 2. The Labute approximate surface area is 296 Å². The molecule has 1 heterocycles. The number of fused-ring (bicyclic) bond motifs is 2. The normalized spacial score (nSPS) is 17.1. The summed E-state index contributed by atoms with van der Waals surface area (Å²) in [6.07, 6.45) is 31.0. The van der Waals surface area contributed by atoms with Gasteiger partial charge in [-0.3, -0.25) is 9.59 Å². The molecule has 1 aliphatic carbocycles. The monoisotopic (exact) mass is 682 g/mol. The zero-order valence-corrected chi connectivity index (χ0v) is 30.9. The van der Waals surface area contributed by atoms with Crippen LogP contribution in [0, 0.1) is 0 Å². The first kappa shape index (κ1) is 40.6. The van der Waals surface area contributed by atoms with Crippen LogP contribution >= 0.6 is 0 Å². The van der Waals surface area contributed by atoms with Crippen LogP contribution in [0.1, 0.15) is 198 Å². The van der Waals surface area contributed by atoms with Gasteiger partial charge in [0.05, 0.1) is 0 Å². The van der Waals surface area contributed by atoms with Gasteiger partial charge in [-0.25, -0.2) is 4.79 Å². The van der Waals surface area contributed by atoms with Crippen LogP contribution in [-0.4, -0.2) is 32.9 Å². The van der Waals surface area contributed by atoms with Crippen molar-refractivity contribution in [1.82, 2.24) is 0 Å². The van der Waals surface area contributed by atoms with E-state index in [9.17, 15) is 29.7 Å². The van der Waals surface area contributed by atoms with Crippen molar-refractivity contribution in [1.29, 1.82) is 0 Å². The Bertz CT molecular complexity index is 1230. The highest BCUT2D eigenvalue weighted by molar-refractivity contribution is 6.42. The van der Waals surface area contributed by atoms with E-state index in [1.54, 1.807) is 0 Å². The first-order chi connectivity index (χ1) is 23.8. The molecule has 0 saturated carbocycles. The Morgan fingerprint density at radius 3 is 1.35 bits per heavy atom. The molecule has 7 nitrogen and oxygen atoms in total. The van der Waals surface area contributed by atoms with Gasteiger partial charge >= 0.3 is 5.97 Å². The van der Waals surface area contributed by atoms with Crippen molar-refractivity contribution < 1.29 is 34.4 Å². The summed E-state index contributed by atoms with van der Waals surface area (Å²) in [5.41, 5.74) is -2.20. The highest BCUT2D eigenvalue weighted by Crippen LogP contribution is 2.53. The number of carbonyl (C=O) groups excluding carboxylic acids is 3. The number of benzene rings is 1. The highest BCUT2D eigenvalue weighted by Gasteiger charge is 2.67. The molecule has 276 valence electrons. The molecule has 3 rings (SSSR count). The van der Waals surface area contributed by atoms with Gasteiger partial charge in [-0.1, -0.05) is 168 Å². The SMILES string of the molecule is CCCCCCCCCCCCCCCC1=C(O)C(=O)[C@@]2(C(=O)Oc3cc(O)c(O)c(CCCCCCCCCCCCCCC)c32)C1=O. The number of carbonyl (C=O) groups is 3. The summed E-state index contributed by atoms with van der Waals surface area (Å²) in [6, 6.07) is 1.09. The summed E-state index contributed by atoms with van der Waals surface area (Å²) < 4.78 is 5.41. The molecule has 7 heteroatoms. The number of aliphatic hydroxyl groups is 1. The molecule has 3 N–H and O–H groups in total. The minimum atomic E-state index is -2.34. The second-order valence-electron chi connectivity index (χ2n) is 14.7. The van der Waals surface area contributed by atoms with Crippen LogP contribution in [0.5, 0.6) is 17.2 Å². The zero-order chi connectivity index (χ0) is 35.5. The minimum absolute atomic E-state index is 0.00588. The van der Waals surface area contributed by atoms with Gasteiger partial charge in [-0.15, -0.1) is 0 Å². The fourth-order valence-electron chi connectivity index (χ4n) is 7.74. The topological polar surface area (TPSA) is 121 Å². The third-order valence-corrected chi connectivity index (χ3v) is 10.7. The van der Waals surface area contributed by atoms with Crippen LogP contribution in [0.2, 0.25) is 0 Å². The standard InChI is InChI=1S/C42H66O7/c1-3-5-7-9-11-13-15-17-19-21-23-25-27-29-32-36-35(31-34(43)37(32)44)49-41(48)42(36)39(46)33(38(45)40(42)47)30-28-26-24-22-20-18-16-14-12-10-8-6-4-2/h31,43-45H,3-30H2,1-2H3/t42-/m0/s1. The number of unbranched alkanes of at least 4 members (excludes halogenated alkanes) is 24. The lowest BCUT2D eigenvalue weighted by Crippen LogP contribution is -2.46. The van der Waals surface area contributed by atoms with Crippen LogP contribution in [0.4, 0.5) is 0 Å². The van der Waals surface area contributed by atoms with Crippen LogP contribution in [0.25, 0.3) is 0 Å². The lowest BCUT2D eigenvalue weighted by Gasteiger charge is -2.20. The van der Waals surface area contributed by atoms with Gasteiger partial charge in [0.1, 0.15) is 5.75 Å². The molecular weight excluding hydrogens is 616 g/mol. The number of phenolic OH excluding ortho intramolecular Hbond substituents is 2. The van der Waals surface area contributed by atoms with E-state index in [1.807, 2.05) is 0 Å². The summed E-state index contributed by atoms with van der Waals surface area (Å²) >= 11 is 0. The van der Waals surface area contributed by atoms with Crippen LogP contribution in [-0.2, 0) is 26.2 Å². The van der Waals surface area contributed by atoms with Crippen LogP contribution in [0.15, 0.2) is 17.4 Å². The maximum absolute atomic E-state index is 13.9. The average Bonchev–Trinajstić information content (AvgIpc) is 3.48. The Morgan fingerprint density at radius 1 is 0.531 bits per heavy atom. The van der Waals surface area contributed by atoms with Crippen molar-refractivity contribution >= 4 is 17.5 Å². The molecule has 1 spiro atoms. The maximum Gasteiger partial charge on any atom is 0.338 e. The predicted molar refractivity (Wildman–Crippen MR) is 196 cm³/mol. The first-order valence-corrected chi connectivity index (χ1v) is 20.1. The molecule has 0 radical (unpaired) electrons. The Morgan fingerprint density at radius 2 is 0.918 bits per heavy atom. The molecule has 0 amide bonds. The van der Waals surface area contributed by atoms with E-state index in [0.29, 0.717) is 12.8 Å². The Kier molecular flexibility index (Phi) is 18.3. The van der Waals surface area contributed by atoms with Crippen LogP contribution < -0.4 is 4.74 Å². The van der Waals surface area contributed by atoms with E-state index in [2.05, 4.69) is 13.8 Å². The number of aromatic hydroxyl groups is 2. The fraction of sp³-hybridized carbons (Fsp3) is 0.738. The van der Waals surface area contributed by atoms with Gasteiger partial charge in [0.2, 0.25) is 11.2 Å². The number of rotatable bonds is 28. The summed E-state index contributed by atoms with van der Waals surface area (Å²) in [5.74, 6) is -4.48. The largest absolute Gasteiger partial charge is 0.504 e. The van der Waals surface area contributed by atoms with Gasteiger partial charge in [0.15, 0.2) is 23.0 Å². The van der Waals surface area contributed by atoms with Crippen molar-refractivity contribution in [2.75, 3.05) is 0 Å². The van der Waals surface area contributed by atoms with Gasteiger partial charge in [-0.2, -0.15) is 0 Å². The second kappa shape index (κ2) is 22.1. The second-order valence-corrected chi connectivity index (χ2v) is 14.7. The van der Waals surface area contributed by atoms with E-state index in [1.165, 1.54) is 116 Å². The first-order valence-electron chi connectivity index (χ1n) is 20.1. The summed E-state index contributed by atoms with van der Waals surface area (Å²) in [7, 11) is 0. The lowest BCUT2D eigenvalue weighted by molar-refractivity contribution is -0.146. The fourth-order valence-corrected chi connectivity index (χ4v) is 7.74. The van der Waals surface area contributed by atoms with E-state index >= 15 is 0 Å². The number of hydrogen-bond donors (Lipinski definition) is 3. The average molecular weight is 683 g/mol. The molecule has 49 heavy (non-hydrogen) atoms. The van der Waals surface area contributed by atoms with E-state index < -0.39 is 40.2 Å². The smallest absolute Gasteiger partial charge is 0.338 e. The van der Waals surface area contributed by atoms with Crippen LogP contribution in [0.3, 0.4) is 0 Å². The van der Waals surface area contributed by atoms with Gasteiger partial charge in [-0.05, 0) is 25.7 Å². The molecular formula is C42H66O7. The molecule has 0 aromatic heterocycles. The molecule has 1 aliphatic heterocycles. The lowest BCUT2D eigenvalue weighted by atomic mass is 9.73. The Hall–Kier alpha value is -2.83. The number of phenols is 2. The number of esters is 1. The maximum atomic E-state index is 13.9. The van der Waals surface area contributed by atoms with E-state index in [4.69, 9.17) is 4.74 Å². The third kappa shape index (κ3) is 11.1. The molecule has 0 unspecified atom stereocenters. The molecule has 1 aromatic carbocycles. The number of Topliss-reactive ketones (excluding diaryl/α,β-unsaturated/α-hetero) is 2. The van der Waals surface area contributed by atoms with Gasteiger partial charge < -0.3 is 20.1 Å².